The van der Waals surface area contributed by atoms with Gasteiger partial charge in [-0.2, -0.15) is 0 Å². The van der Waals surface area contributed by atoms with Crippen LogP contribution in [0, 0.1) is 0 Å². The van der Waals surface area contributed by atoms with Crippen molar-refractivity contribution >= 4 is 5.91 Å². The third kappa shape index (κ3) is 1.48. The van der Waals surface area contributed by atoms with Crippen LogP contribution in [0.4, 0.5) is 0 Å². The molecule has 1 aliphatic rings. The molecule has 1 atom stereocenters. The van der Waals surface area contributed by atoms with Crippen LogP contribution < -0.4 is 0 Å². The maximum Gasteiger partial charge on any atom is 0.224 e. The number of carbonyl (C=O) groups is 1. The third-order valence-corrected chi connectivity index (χ3v) is 1.85. The normalized spacial score (nSPS) is 20.6. The molecule has 0 aromatic heterocycles. The molecule has 0 spiro atoms. The molecule has 3 nitrogen and oxygen atoms in total. The number of β-lactam (4-membered cyclic amide) rings is 1. The maximum atomic E-state index is 10.7. The summed E-state index contributed by atoms with van der Waals surface area (Å²) in [5, 5.41) is 9.12. The van der Waals surface area contributed by atoms with Crippen LogP contribution in [0.2, 0.25) is 0 Å². The minimum absolute atomic E-state index is 0.174. The van der Waals surface area contributed by atoms with E-state index in [1.54, 1.807) is 4.90 Å². The van der Waals surface area contributed by atoms with Gasteiger partial charge in [0.05, 0.1) is 6.10 Å². The molecule has 0 saturated carbocycles. The predicted molar refractivity (Wildman–Crippen MR) is 37.5 cm³/mol. The summed E-state index contributed by atoms with van der Waals surface area (Å²) in [7, 11) is 0. The highest BCUT2D eigenvalue weighted by molar-refractivity contribution is 5.81. The zero-order valence-corrected chi connectivity index (χ0v) is 6.21. The molecule has 1 unspecified atom stereocenters. The van der Waals surface area contributed by atoms with Gasteiger partial charge in [-0.25, -0.2) is 0 Å². The van der Waals surface area contributed by atoms with E-state index < -0.39 is 0 Å². The smallest absolute Gasteiger partial charge is 0.224 e. The molecule has 3 heteroatoms. The molecule has 58 valence electrons. The molecule has 1 rings (SSSR count). The first-order valence-corrected chi connectivity index (χ1v) is 3.70. The van der Waals surface area contributed by atoms with Crippen LogP contribution in [0.5, 0.6) is 0 Å². The van der Waals surface area contributed by atoms with Crippen molar-refractivity contribution in [2.24, 2.45) is 0 Å². The van der Waals surface area contributed by atoms with E-state index in [-0.39, 0.29) is 12.0 Å². The van der Waals surface area contributed by atoms with Gasteiger partial charge in [0, 0.05) is 19.5 Å². The highest BCUT2D eigenvalue weighted by atomic mass is 16.3. The Morgan fingerprint density at radius 2 is 2.50 bits per heavy atom. The Morgan fingerprint density at radius 3 is 2.80 bits per heavy atom. The van der Waals surface area contributed by atoms with Gasteiger partial charge in [0.15, 0.2) is 0 Å². The van der Waals surface area contributed by atoms with Crippen molar-refractivity contribution < 1.29 is 9.90 Å². The van der Waals surface area contributed by atoms with Crippen LogP contribution in [0.25, 0.3) is 0 Å². The van der Waals surface area contributed by atoms with E-state index in [0.29, 0.717) is 13.0 Å². The van der Waals surface area contributed by atoms with Gasteiger partial charge >= 0.3 is 0 Å². The van der Waals surface area contributed by atoms with E-state index in [4.69, 9.17) is 5.11 Å². The number of amides is 1. The first-order valence-electron chi connectivity index (χ1n) is 3.70. The molecule has 1 fully saturated rings. The lowest BCUT2D eigenvalue weighted by atomic mass is 10.1. The highest BCUT2D eigenvalue weighted by Crippen LogP contribution is 2.09. The summed E-state index contributed by atoms with van der Waals surface area (Å²) in [5.74, 6) is 0.174. The van der Waals surface area contributed by atoms with Crippen molar-refractivity contribution in [3.8, 4) is 0 Å². The van der Waals surface area contributed by atoms with Crippen molar-refractivity contribution in [3.05, 3.63) is 0 Å². The zero-order valence-electron chi connectivity index (χ0n) is 6.21. The summed E-state index contributed by atoms with van der Waals surface area (Å²) in [4.78, 5) is 12.4. The van der Waals surface area contributed by atoms with Crippen LogP contribution in [0.15, 0.2) is 0 Å². The predicted octanol–water partition coefficient (Wildman–Crippen LogP) is -0.0104. The van der Waals surface area contributed by atoms with E-state index in [2.05, 4.69) is 0 Å². The Hall–Kier alpha value is -0.570. The van der Waals surface area contributed by atoms with Crippen LogP contribution in [0.1, 0.15) is 19.8 Å². The largest absolute Gasteiger partial charge is 0.391 e. The Morgan fingerprint density at radius 1 is 1.80 bits per heavy atom. The third-order valence-electron chi connectivity index (χ3n) is 1.85. The van der Waals surface area contributed by atoms with Gasteiger partial charge in [-0.1, -0.05) is 6.92 Å². The first-order chi connectivity index (χ1) is 4.74. The number of hydrogen-bond acceptors (Lipinski definition) is 2. The van der Waals surface area contributed by atoms with Crippen molar-refractivity contribution in [1.29, 1.82) is 0 Å². The summed E-state index contributed by atoms with van der Waals surface area (Å²) in [6.07, 6.45) is 1.06. The molecule has 1 N–H and O–H groups in total. The minimum atomic E-state index is -0.329. The second-order valence-corrected chi connectivity index (χ2v) is 2.65. The summed E-state index contributed by atoms with van der Waals surface area (Å²) in [6, 6.07) is 0. The number of aliphatic hydroxyl groups is 1. The monoisotopic (exact) mass is 143 g/mol. The number of likely N-dealkylation sites (tertiary alicyclic amines) is 1. The molecular formula is C7H13NO2. The fraction of sp³-hybridized carbons (Fsp3) is 0.857. The molecule has 0 aromatic rings. The average molecular weight is 143 g/mol. The van der Waals surface area contributed by atoms with Gasteiger partial charge in [-0.3, -0.25) is 4.79 Å². The quantitative estimate of drug-likeness (QED) is 0.564. The van der Waals surface area contributed by atoms with E-state index in [0.717, 1.165) is 13.0 Å². The Balaban J connectivity index is 2.19. The lowest BCUT2D eigenvalue weighted by molar-refractivity contribution is -0.141. The number of nitrogens with zero attached hydrogens (tertiary/aromatic N) is 1. The van der Waals surface area contributed by atoms with Gasteiger partial charge in [-0.15, -0.1) is 0 Å². The highest BCUT2D eigenvalue weighted by Gasteiger charge is 2.24. The standard InChI is InChI=1S/C7H13NO2/c1-2-6(9)5-8-4-3-7(8)10/h6,9H,2-5H2,1H3. The van der Waals surface area contributed by atoms with Crippen LogP contribution in [0.3, 0.4) is 0 Å². The van der Waals surface area contributed by atoms with Crippen molar-refractivity contribution in [2.45, 2.75) is 25.9 Å². The number of aliphatic hydroxyl groups excluding tert-OH is 1. The van der Waals surface area contributed by atoms with Crippen LogP contribution in [-0.4, -0.2) is 35.1 Å². The summed E-state index contributed by atoms with van der Waals surface area (Å²) in [6.45, 7) is 3.26. The maximum absolute atomic E-state index is 10.7. The van der Waals surface area contributed by atoms with Gasteiger partial charge in [0.25, 0.3) is 0 Å². The van der Waals surface area contributed by atoms with Gasteiger partial charge in [-0.05, 0) is 6.42 Å². The van der Waals surface area contributed by atoms with E-state index in [1.165, 1.54) is 0 Å². The second-order valence-electron chi connectivity index (χ2n) is 2.65. The molecule has 10 heavy (non-hydrogen) atoms. The molecule has 1 heterocycles. The number of hydrogen-bond donors (Lipinski definition) is 1. The minimum Gasteiger partial charge on any atom is -0.391 e. The lowest BCUT2D eigenvalue weighted by Gasteiger charge is -2.32. The molecule has 0 bridgehead atoms. The fourth-order valence-corrected chi connectivity index (χ4v) is 0.938. The Kier molecular flexibility index (Phi) is 2.27. The summed E-state index contributed by atoms with van der Waals surface area (Å²) in [5.41, 5.74) is 0. The fourth-order valence-electron chi connectivity index (χ4n) is 0.938. The van der Waals surface area contributed by atoms with Gasteiger partial charge in [0.2, 0.25) is 5.91 Å². The van der Waals surface area contributed by atoms with Gasteiger partial charge in [0.1, 0.15) is 0 Å². The molecule has 0 aromatic carbocycles. The summed E-state index contributed by atoms with van der Waals surface area (Å²) < 4.78 is 0. The second kappa shape index (κ2) is 3.01. The first kappa shape index (κ1) is 7.54. The number of carbonyl (C=O) groups excluding carboxylic acids is 1. The molecule has 0 aliphatic carbocycles. The number of rotatable bonds is 3. The molecule has 1 amide bonds. The van der Waals surface area contributed by atoms with Crippen molar-refractivity contribution in [3.63, 3.8) is 0 Å². The van der Waals surface area contributed by atoms with Crippen molar-refractivity contribution in [2.75, 3.05) is 13.1 Å². The molecular weight excluding hydrogens is 130 g/mol. The van der Waals surface area contributed by atoms with Crippen molar-refractivity contribution in [1.82, 2.24) is 4.90 Å². The SMILES string of the molecule is CCC(O)CN1CCC1=O. The molecule has 1 saturated heterocycles. The summed E-state index contributed by atoms with van der Waals surface area (Å²) >= 11 is 0. The van der Waals surface area contributed by atoms with Crippen LogP contribution >= 0.6 is 0 Å². The Labute approximate surface area is 60.6 Å². The topological polar surface area (TPSA) is 40.5 Å². The van der Waals surface area contributed by atoms with E-state index in [1.807, 2.05) is 6.92 Å². The van der Waals surface area contributed by atoms with E-state index >= 15 is 0 Å². The zero-order chi connectivity index (χ0) is 7.56. The van der Waals surface area contributed by atoms with E-state index in [9.17, 15) is 4.79 Å². The molecule has 0 radical (unpaired) electrons. The number of β-amino-alcohol motifs (C(OH)–C–C–N with tert-alkyl or cyclic N) is 1. The average Bonchev–Trinajstić information content (AvgIpc) is 1.96. The molecule has 1 aliphatic heterocycles. The van der Waals surface area contributed by atoms with Crippen LogP contribution in [-0.2, 0) is 4.79 Å². The van der Waals surface area contributed by atoms with Gasteiger partial charge < -0.3 is 10.0 Å². The lowest BCUT2D eigenvalue weighted by Crippen LogP contribution is -2.46. The Bertz CT molecular complexity index is 136.